The molecule has 4 aromatic carbocycles. The zero-order valence-electron chi connectivity index (χ0n) is 21.2. The van der Waals surface area contributed by atoms with Gasteiger partial charge in [0.2, 0.25) is 0 Å². The molecule has 0 bridgehead atoms. The third-order valence-electron chi connectivity index (χ3n) is 7.23. The Balaban J connectivity index is 1.57. The summed E-state index contributed by atoms with van der Waals surface area (Å²) in [5.74, 6) is -1.48. The second-order valence-corrected chi connectivity index (χ2v) is 9.46. The Morgan fingerprint density at radius 1 is 0.795 bits per heavy atom. The summed E-state index contributed by atoms with van der Waals surface area (Å²) in [4.78, 5) is 46.7. The third kappa shape index (κ3) is 4.28. The molecule has 1 N–H and O–H groups in total. The van der Waals surface area contributed by atoms with E-state index in [-0.39, 0.29) is 11.7 Å². The van der Waals surface area contributed by atoms with E-state index in [0.717, 1.165) is 5.56 Å². The molecule has 1 aliphatic rings. The van der Waals surface area contributed by atoms with Gasteiger partial charge in [0.15, 0.2) is 5.78 Å². The molecule has 1 aromatic heterocycles. The first-order valence-electron chi connectivity index (χ1n) is 12.7. The van der Waals surface area contributed by atoms with E-state index in [0.29, 0.717) is 33.7 Å². The Kier molecular flexibility index (Phi) is 6.25. The predicted molar refractivity (Wildman–Crippen MR) is 147 cm³/mol. The molecule has 39 heavy (non-hydrogen) atoms. The predicted octanol–water partition coefficient (Wildman–Crippen LogP) is 5.25. The number of imidazole rings is 1. The number of ether oxygens (including phenoxy) is 1. The van der Waals surface area contributed by atoms with E-state index < -0.39 is 23.8 Å². The smallest absolute Gasteiger partial charge is 0.255 e. The summed E-state index contributed by atoms with van der Waals surface area (Å²) < 4.78 is 6.84. The van der Waals surface area contributed by atoms with Crippen molar-refractivity contribution in [2.75, 3.05) is 7.11 Å². The van der Waals surface area contributed by atoms with Gasteiger partial charge in [0.05, 0.1) is 24.1 Å². The molecule has 0 saturated carbocycles. The molecular weight excluding hydrogens is 490 g/mol. The molecular formula is C32H25N3O4. The lowest BCUT2D eigenvalue weighted by Crippen LogP contribution is -2.53. The van der Waals surface area contributed by atoms with E-state index in [1.807, 2.05) is 42.5 Å². The van der Waals surface area contributed by atoms with Gasteiger partial charge in [0.25, 0.3) is 11.8 Å². The molecule has 0 unspecified atom stereocenters. The van der Waals surface area contributed by atoms with Crippen LogP contribution in [0.3, 0.4) is 0 Å². The van der Waals surface area contributed by atoms with Crippen molar-refractivity contribution < 1.29 is 19.1 Å². The fourth-order valence-corrected chi connectivity index (χ4v) is 5.37. The van der Waals surface area contributed by atoms with Crippen LogP contribution in [0.1, 0.15) is 48.7 Å². The van der Waals surface area contributed by atoms with Crippen molar-refractivity contribution in [1.29, 1.82) is 0 Å². The number of methoxy groups -OCH3 is 1. The number of nitrogens with one attached hydrogen (secondary N) is 1. The first-order valence-corrected chi connectivity index (χ1v) is 12.7. The highest BCUT2D eigenvalue weighted by molar-refractivity contribution is 6.07. The molecule has 0 fully saturated rings. The van der Waals surface area contributed by atoms with Crippen LogP contribution in [0.15, 0.2) is 109 Å². The maximum absolute atomic E-state index is 14.3. The van der Waals surface area contributed by atoms with Gasteiger partial charge in [-0.25, -0.2) is 4.98 Å². The summed E-state index contributed by atoms with van der Waals surface area (Å²) in [6, 6.07) is 31.2. The van der Waals surface area contributed by atoms with Crippen LogP contribution in [0, 0.1) is 0 Å². The SMILES string of the molecule is COc1ccc([C@@H]2[C@H](NC(=O)c3ccccc3)C(=O)n3c(nc4ccccc43)[C@H]2C(=O)c2ccccc2)cc1. The van der Waals surface area contributed by atoms with E-state index in [1.54, 1.807) is 73.8 Å². The molecule has 1 aliphatic heterocycles. The highest BCUT2D eigenvalue weighted by Crippen LogP contribution is 2.43. The van der Waals surface area contributed by atoms with Crippen LogP contribution in [0.2, 0.25) is 0 Å². The van der Waals surface area contributed by atoms with E-state index in [1.165, 1.54) is 4.57 Å². The van der Waals surface area contributed by atoms with Crippen molar-refractivity contribution in [3.05, 3.63) is 132 Å². The fraction of sp³-hybridized carbons (Fsp3) is 0.125. The van der Waals surface area contributed by atoms with Crippen LogP contribution in [0.25, 0.3) is 11.0 Å². The maximum atomic E-state index is 14.3. The number of carbonyl (C=O) groups is 3. The lowest BCUT2D eigenvalue weighted by atomic mass is 9.73. The van der Waals surface area contributed by atoms with Crippen molar-refractivity contribution in [3.63, 3.8) is 0 Å². The van der Waals surface area contributed by atoms with Gasteiger partial charge in [0, 0.05) is 17.0 Å². The number of hydrogen-bond donors (Lipinski definition) is 1. The number of ketones is 1. The lowest BCUT2D eigenvalue weighted by Gasteiger charge is -2.37. The van der Waals surface area contributed by atoms with Crippen molar-refractivity contribution in [2.24, 2.45) is 0 Å². The Morgan fingerprint density at radius 2 is 1.41 bits per heavy atom. The van der Waals surface area contributed by atoms with Crippen molar-refractivity contribution in [3.8, 4) is 5.75 Å². The Labute approximate surface area is 225 Å². The van der Waals surface area contributed by atoms with Gasteiger partial charge in [-0.05, 0) is 42.0 Å². The molecule has 7 heteroatoms. The molecule has 0 spiro atoms. The number of fused-ring (bicyclic) bond motifs is 3. The van der Waals surface area contributed by atoms with Gasteiger partial charge in [-0.15, -0.1) is 0 Å². The lowest BCUT2D eigenvalue weighted by molar-refractivity contribution is 0.0727. The summed E-state index contributed by atoms with van der Waals surface area (Å²) in [7, 11) is 1.58. The van der Waals surface area contributed by atoms with Gasteiger partial charge >= 0.3 is 0 Å². The van der Waals surface area contributed by atoms with Crippen LogP contribution in [-0.2, 0) is 0 Å². The number of aromatic nitrogens is 2. The zero-order valence-corrected chi connectivity index (χ0v) is 21.2. The van der Waals surface area contributed by atoms with E-state index >= 15 is 0 Å². The number of nitrogens with zero attached hydrogens (tertiary/aromatic N) is 2. The number of hydrogen-bond acceptors (Lipinski definition) is 5. The minimum absolute atomic E-state index is 0.181. The minimum Gasteiger partial charge on any atom is -0.497 e. The first kappa shape index (κ1) is 24.3. The Morgan fingerprint density at radius 3 is 2.08 bits per heavy atom. The van der Waals surface area contributed by atoms with Crippen molar-refractivity contribution in [1.82, 2.24) is 14.9 Å². The molecule has 5 aromatic rings. The van der Waals surface area contributed by atoms with Crippen LogP contribution in [-0.4, -0.2) is 40.3 Å². The van der Waals surface area contributed by atoms with E-state index in [4.69, 9.17) is 9.72 Å². The highest BCUT2D eigenvalue weighted by atomic mass is 16.5. The average molecular weight is 516 g/mol. The molecule has 0 radical (unpaired) electrons. The largest absolute Gasteiger partial charge is 0.497 e. The topological polar surface area (TPSA) is 90.3 Å². The average Bonchev–Trinajstić information content (AvgIpc) is 3.38. The zero-order chi connectivity index (χ0) is 26.9. The molecule has 1 amide bonds. The van der Waals surface area contributed by atoms with Gasteiger partial charge in [0.1, 0.15) is 17.6 Å². The molecule has 192 valence electrons. The second kappa shape index (κ2) is 10.0. The van der Waals surface area contributed by atoms with Crippen molar-refractivity contribution >= 4 is 28.6 Å². The molecule has 2 heterocycles. The van der Waals surface area contributed by atoms with Crippen LogP contribution in [0.5, 0.6) is 5.75 Å². The Bertz CT molecular complexity index is 1680. The fourth-order valence-electron chi connectivity index (χ4n) is 5.37. The van der Waals surface area contributed by atoms with Crippen molar-refractivity contribution in [2.45, 2.75) is 17.9 Å². The maximum Gasteiger partial charge on any atom is 0.255 e. The second-order valence-electron chi connectivity index (χ2n) is 9.46. The van der Waals surface area contributed by atoms with Gasteiger partial charge in [-0.3, -0.25) is 19.0 Å². The Hall–Kier alpha value is -5.04. The number of rotatable bonds is 6. The third-order valence-corrected chi connectivity index (χ3v) is 7.23. The van der Waals surface area contributed by atoms with Gasteiger partial charge in [-0.1, -0.05) is 72.8 Å². The summed E-state index contributed by atoms with van der Waals surface area (Å²) >= 11 is 0. The van der Waals surface area contributed by atoms with Crippen LogP contribution >= 0.6 is 0 Å². The van der Waals surface area contributed by atoms with E-state index in [9.17, 15) is 14.4 Å². The normalized spacial score (nSPS) is 18.4. The summed E-state index contributed by atoms with van der Waals surface area (Å²) in [5.41, 5.74) is 2.84. The van der Waals surface area contributed by atoms with Gasteiger partial charge in [-0.2, -0.15) is 0 Å². The molecule has 0 aliphatic carbocycles. The van der Waals surface area contributed by atoms with E-state index in [2.05, 4.69) is 5.32 Å². The molecule has 3 atom stereocenters. The first-order chi connectivity index (χ1) is 19.1. The number of para-hydroxylation sites is 2. The summed E-state index contributed by atoms with van der Waals surface area (Å²) in [6.45, 7) is 0. The summed E-state index contributed by atoms with van der Waals surface area (Å²) in [6.07, 6.45) is 0. The summed E-state index contributed by atoms with van der Waals surface area (Å²) in [5, 5.41) is 2.97. The quantitative estimate of drug-likeness (QED) is 0.312. The number of Topliss-reactive ketones (excluding diaryl/α,β-unsaturated/α-hetero) is 1. The molecule has 0 saturated heterocycles. The number of carbonyl (C=O) groups excluding carboxylic acids is 3. The number of amides is 1. The number of benzene rings is 4. The monoisotopic (exact) mass is 515 g/mol. The van der Waals surface area contributed by atoms with Crippen LogP contribution < -0.4 is 10.1 Å². The minimum atomic E-state index is -1.03. The van der Waals surface area contributed by atoms with Crippen LogP contribution in [0.4, 0.5) is 0 Å². The molecule has 6 rings (SSSR count). The standard InChI is InChI=1S/C32H25N3O4/c1-39-23-18-16-20(17-19-23)26-27(29(36)21-10-4-2-5-11-21)30-33-24-14-8-9-15-25(24)35(30)32(38)28(26)34-31(37)22-12-6-3-7-13-22/h2-19,26-28H,1H3,(H,34,37)/t26-,27+,28-/m0/s1. The molecule has 7 nitrogen and oxygen atoms in total. The highest BCUT2D eigenvalue weighted by Gasteiger charge is 2.49. The van der Waals surface area contributed by atoms with Gasteiger partial charge < -0.3 is 10.1 Å².